The smallest absolute Gasteiger partial charge is 0.177 e. The summed E-state index contributed by atoms with van der Waals surface area (Å²) < 4.78 is 0. The SMILES string of the molecule is CSc1ccc(C2C(C(=O)C34CC5CC(CC(C5)C3)C4)N3C=Cc4ccccc4C3C2(C#N)C#N)cc1. The average Bonchev–Trinajstić information content (AvgIpc) is 3.23. The van der Waals surface area contributed by atoms with Gasteiger partial charge < -0.3 is 4.90 Å². The van der Waals surface area contributed by atoms with E-state index in [2.05, 4.69) is 35.2 Å². The lowest BCUT2D eigenvalue weighted by atomic mass is 9.47. The molecule has 0 radical (unpaired) electrons. The molecule has 4 nitrogen and oxygen atoms in total. The summed E-state index contributed by atoms with van der Waals surface area (Å²) in [5.41, 5.74) is 1.24. The zero-order valence-corrected chi connectivity index (χ0v) is 22.0. The second-order valence-corrected chi connectivity index (χ2v) is 13.0. The summed E-state index contributed by atoms with van der Waals surface area (Å²) in [6, 6.07) is 20.3. The Morgan fingerprint density at radius 2 is 1.57 bits per heavy atom. The number of fused-ring (bicyclic) bond motifs is 3. The molecular weight excluding hydrogens is 474 g/mol. The maximum atomic E-state index is 15.0. The molecule has 6 aliphatic rings. The van der Waals surface area contributed by atoms with Gasteiger partial charge >= 0.3 is 0 Å². The van der Waals surface area contributed by atoms with Crippen LogP contribution in [0.1, 0.15) is 67.2 Å². The topological polar surface area (TPSA) is 67.9 Å². The first-order chi connectivity index (χ1) is 18.0. The molecule has 0 N–H and O–H groups in total. The van der Waals surface area contributed by atoms with Gasteiger partial charge in [0.25, 0.3) is 0 Å². The predicted molar refractivity (Wildman–Crippen MR) is 144 cm³/mol. The standard InChI is InChI=1S/C32H31N3OS/c1-37-25-8-6-24(7-9-25)27-28(30(36)31-15-20-12-21(16-31)14-22(13-20)17-31)35-11-10-23-4-2-3-5-26(23)29(35)32(27,18-33)19-34/h2-11,20-22,27-29H,12-17H2,1H3. The lowest BCUT2D eigenvalue weighted by molar-refractivity contribution is -0.148. The molecule has 1 saturated heterocycles. The zero-order valence-electron chi connectivity index (χ0n) is 21.1. The van der Waals surface area contributed by atoms with Crippen LogP contribution >= 0.6 is 11.8 Å². The maximum absolute atomic E-state index is 15.0. The molecule has 37 heavy (non-hydrogen) atoms. The Morgan fingerprint density at radius 1 is 0.946 bits per heavy atom. The van der Waals surface area contributed by atoms with Crippen molar-refractivity contribution in [1.29, 1.82) is 10.5 Å². The Kier molecular flexibility index (Phi) is 5.15. The lowest BCUT2D eigenvalue weighted by Gasteiger charge is -2.57. The van der Waals surface area contributed by atoms with Gasteiger partial charge in [0.2, 0.25) is 0 Å². The molecule has 4 saturated carbocycles. The Bertz CT molecular complexity index is 1330. The quantitative estimate of drug-likeness (QED) is 0.432. The third kappa shape index (κ3) is 3.17. The van der Waals surface area contributed by atoms with Crippen molar-refractivity contribution in [3.05, 3.63) is 71.4 Å². The predicted octanol–water partition coefficient (Wildman–Crippen LogP) is 6.72. The van der Waals surface area contributed by atoms with Crippen molar-refractivity contribution in [2.75, 3.05) is 6.26 Å². The fourth-order valence-corrected chi connectivity index (χ4v) is 9.61. The van der Waals surface area contributed by atoms with Gasteiger partial charge in [0, 0.05) is 22.4 Å². The number of ketones is 1. The van der Waals surface area contributed by atoms with Crippen LogP contribution in [-0.4, -0.2) is 23.0 Å². The highest BCUT2D eigenvalue weighted by Crippen LogP contribution is 2.65. The molecule has 2 heterocycles. The van der Waals surface area contributed by atoms with E-state index < -0.39 is 23.4 Å². The monoisotopic (exact) mass is 505 g/mol. The van der Waals surface area contributed by atoms with Crippen LogP contribution < -0.4 is 0 Å². The third-order valence-electron chi connectivity index (χ3n) is 10.2. The van der Waals surface area contributed by atoms with Gasteiger partial charge in [-0.3, -0.25) is 4.79 Å². The van der Waals surface area contributed by atoms with Crippen LogP contribution in [0.5, 0.6) is 0 Å². The number of Topliss-reactive ketones (excluding diaryl/α,β-unsaturated/α-hetero) is 1. The molecule has 2 aliphatic heterocycles. The number of benzene rings is 2. The fourth-order valence-electron chi connectivity index (χ4n) is 9.21. The minimum Gasteiger partial charge on any atom is -0.357 e. The van der Waals surface area contributed by atoms with Gasteiger partial charge in [-0.2, -0.15) is 10.5 Å². The number of thioether (sulfide) groups is 1. The largest absolute Gasteiger partial charge is 0.357 e. The summed E-state index contributed by atoms with van der Waals surface area (Å²) in [5, 5.41) is 21.6. The van der Waals surface area contributed by atoms with Gasteiger partial charge in [0.15, 0.2) is 11.2 Å². The van der Waals surface area contributed by atoms with E-state index in [1.807, 2.05) is 48.9 Å². The van der Waals surface area contributed by atoms with Crippen molar-refractivity contribution in [2.24, 2.45) is 28.6 Å². The molecule has 4 bridgehead atoms. The van der Waals surface area contributed by atoms with Gasteiger partial charge in [0.05, 0.1) is 24.2 Å². The number of nitriles is 2. The molecule has 5 fully saturated rings. The number of hydrogen-bond acceptors (Lipinski definition) is 5. The highest BCUT2D eigenvalue weighted by atomic mass is 32.2. The van der Waals surface area contributed by atoms with Gasteiger partial charge in [-0.15, -0.1) is 11.8 Å². The Labute approximate surface area is 223 Å². The van der Waals surface area contributed by atoms with Crippen LogP contribution in [0.2, 0.25) is 0 Å². The number of hydrogen-bond donors (Lipinski definition) is 0. The van der Waals surface area contributed by atoms with Crippen LogP contribution in [0.3, 0.4) is 0 Å². The molecular formula is C32H31N3OS. The molecule has 2 aromatic rings. The van der Waals surface area contributed by atoms with Crippen LogP contribution in [0.25, 0.3) is 6.08 Å². The van der Waals surface area contributed by atoms with Crippen LogP contribution in [0.4, 0.5) is 0 Å². The van der Waals surface area contributed by atoms with Crippen molar-refractivity contribution in [3.8, 4) is 12.1 Å². The molecule has 8 rings (SSSR count). The molecule has 0 spiro atoms. The molecule has 2 aromatic carbocycles. The summed E-state index contributed by atoms with van der Waals surface area (Å²) in [4.78, 5) is 18.2. The highest BCUT2D eigenvalue weighted by Gasteiger charge is 2.67. The highest BCUT2D eigenvalue weighted by molar-refractivity contribution is 7.98. The summed E-state index contributed by atoms with van der Waals surface area (Å²) in [6.07, 6.45) is 12.9. The fraction of sp³-hybridized carbons (Fsp3) is 0.469. The molecule has 4 aliphatic carbocycles. The first-order valence-corrected chi connectivity index (χ1v) is 14.8. The minimum absolute atomic E-state index is 0.284. The van der Waals surface area contributed by atoms with E-state index >= 15 is 0 Å². The van der Waals surface area contributed by atoms with Crippen molar-refractivity contribution in [2.45, 2.75) is 61.4 Å². The minimum atomic E-state index is -1.37. The van der Waals surface area contributed by atoms with E-state index in [1.54, 1.807) is 11.8 Å². The normalized spacial score (nSPS) is 35.9. The number of rotatable bonds is 4. The molecule has 3 atom stereocenters. The van der Waals surface area contributed by atoms with Crippen LogP contribution in [0, 0.1) is 51.2 Å². The second-order valence-electron chi connectivity index (χ2n) is 12.1. The molecule has 5 heteroatoms. The van der Waals surface area contributed by atoms with Crippen molar-refractivity contribution in [3.63, 3.8) is 0 Å². The van der Waals surface area contributed by atoms with Crippen LogP contribution in [0.15, 0.2) is 59.6 Å². The van der Waals surface area contributed by atoms with Gasteiger partial charge in [-0.05, 0) is 97.4 Å². The van der Waals surface area contributed by atoms with Crippen molar-refractivity contribution in [1.82, 2.24) is 4.90 Å². The van der Waals surface area contributed by atoms with Gasteiger partial charge in [-0.25, -0.2) is 0 Å². The van der Waals surface area contributed by atoms with Crippen molar-refractivity contribution < 1.29 is 4.79 Å². The molecule has 186 valence electrons. The summed E-state index contributed by atoms with van der Waals surface area (Å²) in [5.74, 6) is 1.73. The number of nitrogens with zero attached hydrogens (tertiary/aromatic N) is 3. The average molecular weight is 506 g/mol. The molecule has 3 unspecified atom stereocenters. The number of carbonyl (C=O) groups excluding carboxylic acids is 1. The van der Waals surface area contributed by atoms with Crippen molar-refractivity contribution >= 4 is 23.6 Å². The Balaban J connectivity index is 1.42. The van der Waals surface area contributed by atoms with E-state index in [9.17, 15) is 15.3 Å². The molecule has 0 amide bonds. The molecule has 0 aromatic heterocycles. The van der Waals surface area contributed by atoms with E-state index in [4.69, 9.17) is 0 Å². The van der Waals surface area contributed by atoms with Gasteiger partial charge in [-0.1, -0.05) is 36.4 Å². The second kappa shape index (κ2) is 8.24. The third-order valence-corrected chi connectivity index (χ3v) is 11.0. The summed E-state index contributed by atoms with van der Waals surface area (Å²) in [7, 11) is 0. The van der Waals surface area contributed by atoms with E-state index in [1.165, 1.54) is 19.3 Å². The first kappa shape index (κ1) is 23.1. The zero-order chi connectivity index (χ0) is 25.4. The number of carbonyl (C=O) groups is 1. The summed E-state index contributed by atoms with van der Waals surface area (Å²) >= 11 is 1.67. The van der Waals surface area contributed by atoms with Gasteiger partial charge in [0.1, 0.15) is 0 Å². The Hall–Kier alpha value is -3.02. The first-order valence-electron chi connectivity index (χ1n) is 13.6. The van der Waals surface area contributed by atoms with E-state index in [0.717, 1.165) is 40.8 Å². The summed E-state index contributed by atoms with van der Waals surface area (Å²) in [6.45, 7) is 0. The van der Waals surface area contributed by atoms with E-state index in [0.29, 0.717) is 17.8 Å². The Morgan fingerprint density at radius 3 is 2.16 bits per heavy atom. The maximum Gasteiger partial charge on any atom is 0.177 e. The van der Waals surface area contributed by atoms with E-state index in [-0.39, 0.29) is 11.2 Å². The van der Waals surface area contributed by atoms with Crippen LogP contribution in [-0.2, 0) is 4.79 Å². The lowest BCUT2D eigenvalue weighted by Crippen LogP contribution is -2.55.